The molecule has 0 amide bonds. The zero-order valence-electron chi connectivity index (χ0n) is 18.9. The molecule has 0 saturated heterocycles. The molecule has 0 bridgehead atoms. The summed E-state index contributed by atoms with van der Waals surface area (Å²) >= 11 is 0. The molecule has 0 atom stereocenters. The van der Waals surface area contributed by atoms with Crippen molar-refractivity contribution in [2.75, 3.05) is 11.9 Å². The van der Waals surface area contributed by atoms with Gasteiger partial charge < -0.3 is 10.1 Å². The van der Waals surface area contributed by atoms with Crippen LogP contribution in [0.1, 0.15) is 44.3 Å². The van der Waals surface area contributed by atoms with Gasteiger partial charge in [-0.3, -0.25) is 9.36 Å². The van der Waals surface area contributed by atoms with Crippen molar-refractivity contribution in [3.8, 4) is 29.4 Å². The number of anilines is 1. The lowest BCUT2D eigenvalue weighted by atomic mass is 9.93. The van der Waals surface area contributed by atoms with E-state index < -0.39 is 0 Å². The second kappa shape index (κ2) is 8.94. The van der Waals surface area contributed by atoms with Gasteiger partial charge in [0.2, 0.25) is 0 Å². The van der Waals surface area contributed by atoms with Gasteiger partial charge in [0.25, 0.3) is 0 Å². The average Bonchev–Trinajstić information content (AvgIpc) is 3.43. The van der Waals surface area contributed by atoms with Crippen molar-refractivity contribution >= 4 is 16.7 Å². The number of terminal acetylenes is 1. The molecule has 8 heteroatoms. The van der Waals surface area contributed by atoms with Crippen molar-refractivity contribution in [1.82, 2.24) is 29.5 Å². The molecule has 1 fully saturated rings. The fourth-order valence-corrected chi connectivity index (χ4v) is 4.53. The van der Waals surface area contributed by atoms with Crippen LogP contribution < -0.4 is 10.1 Å². The number of aromatic nitrogens is 6. The molecule has 4 heterocycles. The van der Waals surface area contributed by atoms with Crippen LogP contribution in [0.2, 0.25) is 0 Å². The second-order valence-electron chi connectivity index (χ2n) is 8.36. The molecule has 1 N–H and O–H groups in total. The number of aryl methyl sites for hydroxylation is 1. The number of pyridine rings is 2. The van der Waals surface area contributed by atoms with Gasteiger partial charge >= 0.3 is 0 Å². The maximum Gasteiger partial charge on any atom is 0.154 e. The molecule has 0 unspecified atom stereocenters. The second-order valence-corrected chi connectivity index (χ2v) is 8.36. The summed E-state index contributed by atoms with van der Waals surface area (Å²) in [6.07, 6.45) is 16.9. The minimum Gasteiger partial charge on any atom is -0.487 e. The Morgan fingerprint density at radius 1 is 1.21 bits per heavy atom. The Kier molecular flexibility index (Phi) is 5.69. The Bertz CT molecular complexity index is 1310. The van der Waals surface area contributed by atoms with Crippen molar-refractivity contribution < 1.29 is 4.74 Å². The predicted molar refractivity (Wildman–Crippen MR) is 128 cm³/mol. The fraction of sp³-hybridized carbons (Fsp3) is 0.360. The molecule has 1 saturated carbocycles. The molecule has 0 aliphatic heterocycles. The Hall–Kier alpha value is -3.86. The molecular weight excluding hydrogens is 414 g/mol. The molecule has 168 valence electrons. The lowest BCUT2D eigenvalue weighted by molar-refractivity contribution is 0.130. The van der Waals surface area contributed by atoms with Crippen molar-refractivity contribution in [3.63, 3.8) is 0 Å². The van der Waals surface area contributed by atoms with Crippen molar-refractivity contribution in [3.05, 3.63) is 48.7 Å². The molecule has 8 nitrogen and oxygen atoms in total. The van der Waals surface area contributed by atoms with Gasteiger partial charge in [-0.15, -0.1) is 6.42 Å². The Labute approximate surface area is 193 Å². The van der Waals surface area contributed by atoms with Crippen LogP contribution in [0.25, 0.3) is 22.2 Å². The van der Waals surface area contributed by atoms with E-state index >= 15 is 0 Å². The molecular formula is C25H27N7O. The van der Waals surface area contributed by atoms with Gasteiger partial charge in [-0.25, -0.2) is 9.97 Å². The zero-order valence-corrected chi connectivity index (χ0v) is 18.9. The van der Waals surface area contributed by atoms with Crippen LogP contribution in [0.5, 0.6) is 5.75 Å². The van der Waals surface area contributed by atoms with Crippen LogP contribution in [0.3, 0.4) is 0 Å². The predicted octanol–water partition coefficient (Wildman–Crippen LogP) is 4.20. The van der Waals surface area contributed by atoms with Gasteiger partial charge in [0, 0.05) is 49.2 Å². The van der Waals surface area contributed by atoms with E-state index in [0.29, 0.717) is 11.4 Å². The molecule has 1 aliphatic rings. The fourth-order valence-electron chi connectivity index (χ4n) is 4.53. The van der Waals surface area contributed by atoms with E-state index in [4.69, 9.17) is 16.3 Å². The Balaban J connectivity index is 1.41. The van der Waals surface area contributed by atoms with E-state index in [2.05, 4.69) is 44.0 Å². The highest BCUT2D eigenvalue weighted by Gasteiger charge is 2.27. The maximum absolute atomic E-state index is 6.21. The Morgan fingerprint density at radius 3 is 2.79 bits per heavy atom. The van der Waals surface area contributed by atoms with E-state index in [-0.39, 0.29) is 12.1 Å². The summed E-state index contributed by atoms with van der Waals surface area (Å²) in [6.45, 7) is 2.89. The normalized spacial score (nSPS) is 18.2. The van der Waals surface area contributed by atoms with Gasteiger partial charge in [-0.2, -0.15) is 10.2 Å². The highest BCUT2D eigenvalue weighted by Crippen LogP contribution is 2.36. The first kappa shape index (κ1) is 21.0. The maximum atomic E-state index is 6.21. The van der Waals surface area contributed by atoms with Crippen LogP contribution in [-0.4, -0.2) is 42.2 Å². The summed E-state index contributed by atoms with van der Waals surface area (Å²) in [5.41, 5.74) is 3.56. The highest BCUT2D eigenvalue weighted by molar-refractivity contribution is 5.93. The van der Waals surface area contributed by atoms with Crippen LogP contribution in [0.15, 0.2) is 43.0 Å². The van der Waals surface area contributed by atoms with Crippen molar-refractivity contribution in [2.24, 2.45) is 7.05 Å². The van der Waals surface area contributed by atoms with Crippen LogP contribution in [-0.2, 0) is 7.05 Å². The molecule has 4 aromatic rings. The minimum absolute atomic E-state index is 0.121. The van der Waals surface area contributed by atoms with Gasteiger partial charge in [0.15, 0.2) is 11.4 Å². The number of fused-ring (bicyclic) bond motifs is 1. The summed E-state index contributed by atoms with van der Waals surface area (Å²) < 4.78 is 10.2. The summed E-state index contributed by atoms with van der Waals surface area (Å²) in [5.74, 6) is 4.16. The smallest absolute Gasteiger partial charge is 0.154 e. The van der Waals surface area contributed by atoms with Crippen molar-refractivity contribution in [2.45, 2.75) is 44.8 Å². The number of nitrogens with zero attached hydrogens (tertiary/aromatic N) is 6. The van der Waals surface area contributed by atoms with E-state index in [1.54, 1.807) is 10.9 Å². The SMILES string of the molecule is C#Cc1ncccc1O[C@H]1CC[C@@H](n2nc(-c3cnn(C)c3)c3cnc(NCC)cc32)CC1. The molecule has 4 aromatic heterocycles. The largest absolute Gasteiger partial charge is 0.487 e. The number of rotatable bonds is 6. The number of hydrogen-bond acceptors (Lipinski definition) is 6. The minimum atomic E-state index is 0.121. The van der Waals surface area contributed by atoms with Crippen LogP contribution in [0, 0.1) is 12.3 Å². The lowest BCUT2D eigenvalue weighted by Crippen LogP contribution is -2.26. The highest BCUT2D eigenvalue weighted by atomic mass is 16.5. The summed E-state index contributed by atoms with van der Waals surface area (Å²) in [4.78, 5) is 8.81. The first-order valence-electron chi connectivity index (χ1n) is 11.4. The van der Waals surface area contributed by atoms with Gasteiger partial charge in [0.1, 0.15) is 11.5 Å². The van der Waals surface area contributed by atoms with Crippen LogP contribution >= 0.6 is 0 Å². The zero-order chi connectivity index (χ0) is 22.8. The van der Waals surface area contributed by atoms with Gasteiger partial charge in [-0.05, 0) is 50.7 Å². The molecule has 0 spiro atoms. The van der Waals surface area contributed by atoms with E-state index in [9.17, 15) is 0 Å². The number of nitrogens with one attached hydrogen (secondary N) is 1. The first-order chi connectivity index (χ1) is 16.2. The van der Waals surface area contributed by atoms with Crippen LogP contribution in [0.4, 0.5) is 5.82 Å². The third kappa shape index (κ3) is 4.14. The average molecular weight is 442 g/mol. The summed E-state index contributed by atoms with van der Waals surface area (Å²) in [5, 5.41) is 13.7. The topological polar surface area (TPSA) is 82.7 Å². The first-order valence-corrected chi connectivity index (χ1v) is 11.4. The summed E-state index contributed by atoms with van der Waals surface area (Å²) in [7, 11) is 1.92. The monoisotopic (exact) mass is 441 g/mol. The molecule has 33 heavy (non-hydrogen) atoms. The van der Waals surface area contributed by atoms with E-state index in [1.807, 2.05) is 37.8 Å². The summed E-state index contributed by atoms with van der Waals surface area (Å²) in [6, 6.07) is 6.14. The number of ether oxygens (including phenoxy) is 1. The molecule has 0 aromatic carbocycles. The van der Waals surface area contributed by atoms with Crippen molar-refractivity contribution in [1.29, 1.82) is 0 Å². The van der Waals surface area contributed by atoms with Gasteiger partial charge in [0.05, 0.1) is 23.9 Å². The van der Waals surface area contributed by atoms with E-state index in [1.165, 1.54) is 0 Å². The number of hydrogen-bond donors (Lipinski definition) is 1. The lowest BCUT2D eigenvalue weighted by Gasteiger charge is -2.29. The quantitative estimate of drug-likeness (QED) is 0.452. The van der Waals surface area contributed by atoms with Gasteiger partial charge in [-0.1, -0.05) is 0 Å². The third-order valence-corrected chi connectivity index (χ3v) is 6.12. The third-order valence-electron chi connectivity index (χ3n) is 6.12. The molecule has 0 radical (unpaired) electrons. The standard InChI is InChI=1S/C25H27N7O/c1-4-21-23(7-6-12-27-21)33-19-10-8-18(9-11-19)32-22-13-24(26-5-2)28-15-20(22)25(30-32)17-14-29-31(3)16-17/h1,6-7,12-16,18-19H,5,8-11H2,2-3H3,(H,26,28)/t18-,19+. The Morgan fingerprint density at radius 2 is 2.06 bits per heavy atom. The molecule has 5 rings (SSSR count). The molecule has 1 aliphatic carbocycles. The van der Waals surface area contributed by atoms with E-state index in [0.717, 1.165) is 60.2 Å².